The Bertz CT molecular complexity index is 683. The summed E-state index contributed by atoms with van der Waals surface area (Å²) in [5, 5.41) is 0.646. The first-order chi connectivity index (χ1) is 12.5. The number of likely N-dealkylation sites (tertiary alicyclic amines) is 2. The van der Waals surface area contributed by atoms with Crippen LogP contribution in [-0.2, 0) is 17.0 Å². The zero-order valence-corrected chi connectivity index (χ0v) is 16.3. The Morgan fingerprint density at radius 2 is 1.96 bits per heavy atom. The summed E-state index contributed by atoms with van der Waals surface area (Å²) >= 11 is 6.48. The Hall–Kier alpha value is -1.13. The SMILES string of the molecule is C[C@@H]1CCCN1Cc1ccc(C2(F)CC(C(=O)N3CCCC3)C2)cc1Cl. The standard InChI is InChI=1S/C21H28ClFN2O/c1-15-5-4-10-25(15)14-16-6-7-18(11-19(16)22)21(23)12-17(13-21)20(26)24-8-2-3-9-24/h6-7,11,15,17H,2-5,8-10,12-14H2,1H3/t15-,17?,21?/m1/s1. The van der Waals surface area contributed by atoms with Gasteiger partial charge in [-0.3, -0.25) is 9.69 Å². The summed E-state index contributed by atoms with van der Waals surface area (Å²) in [5.74, 6) is -0.0245. The number of amides is 1. The number of alkyl halides is 1. The fraction of sp³-hybridized carbons (Fsp3) is 0.667. The van der Waals surface area contributed by atoms with Crippen LogP contribution in [0.5, 0.6) is 0 Å². The van der Waals surface area contributed by atoms with E-state index in [1.165, 1.54) is 12.8 Å². The van der Waals surface area contributed by atoms with Gasteiger partial charge in [0.05, 0.1) is 0 Å². The molecule has 3 fully saturated rings. The number of carbonyl (C=O) groups is 1. The summed E-state index contributed by atoms with van der Waals surface area (Å²) in [7, 11) is 0. The van der Waals surface area contributed by atoms with Crippen molar-refractivity contribution in [1.82, 2.24) is 9.80 Å². The molecule has 0 N–H and O–H groups in total. The molecule has 1 saturated carbocycles. The molecule has 4 rings (SSSR count). The summed E-state index contributed by atoms with van der Waals surface area (Å²) in [5.41, 5.74) is 0.298. The summed E-state index contributed by atoms with van der Waals surface area (Å²) in [6.45, 7) is 5.86. The third kappa shape index (κ3) is 3.38. The zero-order valence-electron chi connectivity index (χ0n) is 15.5. The first kappa shape index (κ1) is 18.2. The van der Waals surface area contributed by atoms with E-state index in [2.05, 4.69) is 11.8 Å². The van der Waals surface area contributed by atoms with Crippen molar-refractivity contribution in [1.29, 1.82) is 0 Å². The van der Waals surface area contributed by atoms with Gasteiger partial charge in [0, 0.05) is 36.6 Å². The molecule has 1 aromatic carbocycles. The Kier molecular flexibility index (Phi) is 5.00. The van der Waals surface area contributed by atoms with Crippen molar-refractivity contribution in [3.8, 4) is 0 Å². The monoisotopic (exact) mass is 378 g/mol. The van der Waals surface area contributed by atoms with E-state index in [-0.39, 0.29) is 11.8 Å². The lowest BCUT2D eigenvalue weighted by Gasteiger charge is -2.42. The molecule has 5 heteroatoms. The predicted octanol–water partition coefficient (Wildman–Crippen LogP) is 4.52. The van der Waals surface area contributed by atoms with Crippen LogP contribution in [-0.4, -0.2) is 41.4 Å². The van der Waals surface area contributed by atoms with Gasteiger partial charge in [0.1, 0.15) is 5.67 Å². The van der Waals surface area contributed by atoms with Crippen LogP contribution >= 0.6 is 11.6 Å². The second-order valence-corrected chi connectivity index (χ2v) is 8.78. The Morgan fingerprint density at radius 3 is 2.58 bits per heavy atom. The highest BCUT2D eigenvalue weighted by Crippen LogP contribution is 2.50. The van der Waals surface area contributed by atoms with Crippen LogP contribution in [0.25, 0.3) is 0 Å². The van der Waals surface area contributed by atoms with Crippen molar-refractivity contribution in [2.45, 2.75) is 63.7 Å². The van der Waals surface area contributed by atoms with Gasteiger partial charge in [0.2, 0.25) is 5.91 Å². The first-order valence-electron chi connectivity index (χ1n) is 9.97. The van der Waals surface area contributed by atoms with Gasteiger partial charge in [-0.2, -0.15) is 0 Å². The molecule has 2 heterocycles. The third-order valence-electron chi connectivity index (χ3n) is 6.54. The molecular weight excluding hydrogens is 351 g/mol. The van der Waals surface area contributed by atoms with E-state index in [1.807, 2.05) is 17.0 Å². The summed E-state index contributed by atoms with van der Waals surface area (Å²) in [6.07, 6.45) is 5.20. The average molecular weight is 379 g/mol. The van der Waals surface area contributed by atoms with Crippen molar-refractivity contribution >= 4 is 17.5 Å². The lowest BCUT2D eigenvalue weighted by atomic mass is 9.68. The molecular formula is C21H28ClFN2O. The van der Waals surface area contributed by atoms with Crippen molar-refractivity contribution in [3.05, 3.63) is 34.3 Å². The van der Waals surface area contributed by atoms with Gasteiger partial charge in [-0.05, 0) is 69.2 Å². The summed E-state index contributed by atoms with van der Waals surface area (Å²) in [4.78, 5) is 16.8. The van der Waals surface area contributed by atoms with Crippen molar-refractivity contribution in [3.63, 3.8) is 0 Å². The van der Waals surface area contributed by atoms with Crippen LogP contribution in [0.15, 0.2) is 18.2 Å². The van der Waals surface area contributed by atoms with Gasteiger partial charge in [-0.25, -0.2) is 4.39 Å². The number of carbonyl (C=O) groups excluding carboxylic acids is 1. The topological polar surface area (TPSA) is 23.6 Å². The summed E-state index contributed by atoms with van der Waals surface area (Å²) < 4.78 is 15.3. The van der Waals surface area contributed by atoms with E-state index < -0.39 is 5.67 Å². The molecule has 0 unspecified atom stereocenters. The minimum absolute atomic E-state index is 0.140. The van der Waals surface area contributed by atoms with E-state index in [0.717, 1.165) is 44.6 Å². The predicted molar refractivity (Wildman–Crippen MR) is 102 cm³/mol. The highest BCUT2D eigenvalue weighted by molar-refractivity contribution is 6.31. The van der Waals surface area contributed by atoms with Crippen molar-refractivity contribution < 1.29 is 9.18 Å². The van der Waals surface area contributed by atoms with Gasteiger partial charge in [-0.1, -0.05) is 23.7 Å². The van der Waals surface area contributed by atoms with Gasteiger partial charge < -0.3 is 4.90 Å². The molecule has 1 atom stereocenters. The average Bonchev–Trinajstić information content (AvgIpc) is 3.25. The van der Waals surface area contributed by atoms with Gasteiger partial charge >= 0.3 is 0 Å². The molecule has 1 amide bonds. The lowest BCUT2D eigenvalue weighted by molar-refractivity contribution is -0.144. The quantitative estimate of drug-likeness (QED) is 0.768. The minimum Gasteiger partial charge on any atom is -0.342 e. The number of hydrogen-bond acceptors (Lipinski definition) is 2. The molecule has 0 bridgehead atoms. The van der Waals surface area contributed by atoms with Crippen LogP contribution in [0.4, 0.5) is 4.39 Å². The number of nitrogens with zero attached hydrogens (tertiary/aromatic N) is 2. The van der Waals surface area contributed by atoms with E-state index >= 15 is 4.39 Å². The molecule has 3 aliphatic rings. The summed E-state index contributed by atoms with van der Waals surface area (Å²) in [6, 6.07) is 6.22. The molecule has 1 aliphatic carbocycles. The number of halogens is 2. The smallest absolute Gasteiger partial charge is 0.225 e. The first-order valence-corrected chi connectivity index (χ1v) is 10.3. The molecule has 0 aromatic heterocycles. The normalized spacial score (nSPS) is 32.0. The molecule has 2 saturated heterocycles. The second-order valence-electron chi connectivity index (χ2n) is 8.37. The Balaban J connectivity index is 1.40. The van der Waals surface area contributed by atoms with E-state index in [9.17, 15) is 4.79 Å². The van der Waals surface area contributed by atoms with Gasteiger partial charge in [-0.15, -0.1) is 0 Å². The molecule has 1 aromatic rings. The number of benzene rings is 1. The second kappa shape index (κ2) is 7.12. The van der Waals surface area contributed by atoms with Crippen molar-refractivity contribution in [2.24, 2.45) is 5.92 Å². The van der Waals surface area contributed by atoms with Crippen molar-refractivity contribution in [2.75, 3.05) is 19.6 Å². The maximum Gasteiger partial charge on any atom is 0.225 e. The largest absolute Gasteiger partial charge is 0.342 e. The molecule has 0 spiro atoms. The highest BCUT2D eigenvalue weighted by Gasteiger charge is 2.50. The van der Waals surface area contributed by atoms with Crippen LogP contribution in [0.1, 0.15) is 56.6 Å². The van der Waals surface area contributed by atoms with Crippen LogP contribution < -0.4 is 0 Å². The fourth-order valence-corrected chi connectivity index (χ4v) is 4.97. The molecule has 0 radical (unpaired) electrons. The van der Waals surface area contributed by atoms with Crippen LogP contribution in [0.2, 0.25) is 5.02 Å². The molecule has 142 valence electrons. The lowest BCUT2D eigenvalue weighted by Crippen LogP contribution is -2.46. The van der Waals surface area contributed by atoms with E-state index in [1.54, 1.807) is 6.07 Å². The van der Waals surface area contributed by atoms with E-state index in [0.29, 0.717) is 29.5 Å². The highest BCUT2D eigenvalue weighted by atomic mass is 35.5. The van der Waals surface area contributed by atoms with Crippen LogP contribution in [0.3, 0.4) is 0 Å². The van der Waals surface area contributed by atoms with Crippen LogP contribution in [0, 0.1) is 5.92 Å². The zero-order chi connectivity index (χ0) is 18.3. The van der Waals surface area contributed by atoms with Gasteiger partial charge in [0.15, 0.2) is 0 Å². The minimum atomic E-state index is -1.40. The fourth-order valence-electron chi connectivity index (χ4n) is 4.73. The Morgan fingerprint density at radius 1 is 1.23 bits per heavy atom. The molecule has 3 nitrogen and oxygen atoms in total. The van der Waals surface area contributed by atoms with E-state index in [4.69, 9.17) is 11.6 Å². The maximum absolute atomic E-state index is 15.3. The molecule has 26 heavy (non-hydrogen) atoms. The van der Waals surface area contributed by atoms with Gasteiger partial charge in [0.25, 0.3) is 0 Å². The number of rotatable bonds is 4. The molecule has 2 aliphatic heterocycles. The third-order valence-corrected chi connectivity index (χ3v) is 6.89. The Labute approximate surface area is 160 Å². The number of hydrogen-bond donors (Lipinski definition) is 0. The maximum atomic E-state index is 15.3.